The molecule has 79 heavy (non-hydrogen) atoms. The lowest BCUT2D eigenvalue weighted by Crippen LogP contribution is -2.10. The fourth-order valence-electron chi connectivity index (χ4n) is 11.9. The third-order valence-corrected chi connectivity index (χ3v) is 16.5. The van der Waals surface area contributed by atoms with Crippen molar-refractivity contribution in [1.29, 1.82) is 0 Å². The van der Waals surface area contributed by atoms with Crippen molar-refractivity contribution < 1.29 is 0 Å². The first kappa shape index (κ1) is 46.1. The molecule has 0 bridgehead atoms. The number of benzene rings is 12. The smallest absolute Gasteiger partial charge is 0.0640 e. The van der Waals surface area contributed by atoms with Gasteiger partial charge in [-0.05, 0) is 160 Å². The molecule has 0 atom stereocenters. The van der Waals surface area contributed by atoms with Crippen molar-refractivity contribution in [2.75, 3.05) is 9.80 Å². The van der Waals surface area contributed by atoms with Crippen LogP contribution in [0.15, 0.2) is 303 Å². The van der Waals surface area contributed by atoms with Gasteiger partial charge in [-0.2, -0.15) is 0 Å². The molecule has 0 fully saturated rings. The summed E-state index contributed by atoms with van der Waals surface area (Å²) in [6, 6.07) is 108. The first-order valence-corrected chi connectivity index (χ1v) is 27.8. The molecule has 0 aliphatic rings. The van der Waals surface area contributed by atoms with Crippen LogP contribution in [-0.2, 0) is 0 Å². The molecule has 372 valence electrons. The van der Waals surface area contributed by atoms with Gasteiger partial charge in [-0.1, -0.05) is 176 Å². The van der Waals surface area contributed by atoms with Gasteiger partial charge in [-0.25, -0.2) is 0 Å². The van der Waals surface area contributed by atoms with Crippen LogP contribution >= 0.6 is 11.3 Å². The van der Waals surface area contributed by atoms with E-state index >= 15 is 0 Å². The Bertz CT molecular complexity index is 4690. The second-order valence-electron chi connectivity index (χ2n) is 20.1. The summed E-state index contributed by atoms with van der Waals surface area (Å²) in [5.41, 5.74) is 20.6. The molecule has 15 aromatic rings. The van der Waals surface area contributed by atoms with Gasteiger partial charge in [-0.15, -0.1) is 11.3 Å². The molecule has 3 aromatic heterocycles. The predicted octanol–water partition coefficient (Wildman–Crippen LogP) is 21.0. The highest BCUT2D eigenvalue weighted by atomic mass is 32.1. The Hall–Kier alpha value is -10.2. The van der Waals surface area contributed by atoms with Crippen molar-refractivity contribution >= 4 is 99.2 Å². The van der Waals surface area contributed by atoms with E-state index < -0.39 is 0 Å². The van der Waals surface area contributed by atoms with E-state index in [1.165, 1.54) is 81.5 Å². The Morgan fingerprint density at radius 1 is 0.253 bits per heavy atom. The van der Waals surface area contributed by atoms with E-state index in [-0.39, 0.29) is 0 Å². The number of aromatic nitrogens is 2. The minimum Gasteiger partial charge on any atom is -0.310 e. The van der Waals surface area contributed by atoms with E-state index in [0.717, 1.165) is 51.1 Å². The van der Waals surface area contributed by atoms with Gasteiger partial charge in [0.15, 0.2) is 0 Å². The van der Waals surface area contributed by atoms with Gasteiger partial charge in [0.25, 0.3) is 0 Å². The Morgan fingerprint density at radius 3 is 1.22 bits per heavy atom. The zero-order chi connectivity index (χ0) is 52.2. The number of hydrogen-bond acceptors (Lipinski definition) is 3. The number of hydrogen-bond donors (Lipinski definition) is 0. The normalized spacial score (nSPS) is 11.5. The van der Waals surface area contributed by atoms with Crippen molar-refractivity contribution in [2.45, 2.75) is 0 Å². The number of anilines is 6. The quantitative estimate of drug-likeness (QED) is 0.128. The molecule has 3 heterocycles. The first-order valence-electron chi connectivity index (χ1n) is 26.9. The lowest BCUT2D eigenvalue weighted by atomic mass is 9.99. The number of thiophene rings is 1. The van der Waals surface area contributed by atoms with E-state index in [2.05, 4.69) is 322 Å². The highest BCUT2D eigenvalue weighted by molar-refractivity contribution is 7.18. The summed E-state index contributed by atoms with van der Waals surface area (Å²) in [6.45, 7) is 0. The maximum atomic E-state index is 2.45. The number of para-hydroxylation sites is 4. The summed E-state index contributed by atoms with van der Waals surface area (Å²) in [5, 5.41) is 8.31. The monoisotopic (exact) mass is 1030 g/mol. The van der Waals surface area contributed by atoms with Crippen LogP contribution in [0.25, 0.3) is 98.5 Å². The molecule has 0 saturated carbocycles. The van der Waals surface area contributed by atoms with Gasteiger partial charge < -0.3 is 18.9 Å². The van der Waals surface area contributed by atoms with Crippen molar-refractivity contribution in [2.24, 2.45) is 0 Å². The average molecular weight is 1030 g/mol. The summed E-state index contributed by atoms with van der Waals surface area (Å²) >= 11 is 1.80. The lowest BCUT2D eigenvalue weighted by Gasteiger charge is -2.28. The largest absolute Gasteiger partial charge is 0.310 e. The second kappa shape index (κ2) is 19.4. The Kier molecular flexibility index (Phi) is 11.3. The Morgan fingerprint density at radius 2 is 0.671 bits per heavy atom. The van der Waals surface area contributed by atoms with Crippen LogP contribution in [0.3, 0.4) is 0 Å². The molecule has 0 N–H and O–H groups in total. The standard InChI is InChI=1S/C74H50N4S/c1-5-18-51(19-6-1)53-32-36-58(37-33-53)75(61-40-43-71-67(49-61)64-28-13-15-30-69(64)77(71)56-23-9-3-10-24-56)60-27-17-22-55(48-60)63-42-45-73(74-66(63)46-47-79-74)76(59-38-34-54(35-39-59)52-20-7-2-8-21-52)62-41-44-72-68(50-62)65-29-14-16-31-70(65)78(72)57-25-11-4-12-26-57/h1-50H. The lowest BCUT2D eigenvalue weighted by molar-refractivity contribution is 1.18. The van der Waals surface area contributed by atoms with Crippen LogP contribution in [0.1, 0.15) is 0 Å². The molecule has 0 amide bonds. The van der Waals surface area contributed by atoms with Crippen LogP contribution in [0.4, 0.5) is 34.1 Å². The predicted molar refractivity (Wildman–Crippen MR) is 336 cm³/mol. The minimum atomic E-state index is 1.08. The van der Waals surface area contributed by atoms with E-state index in [0.29, 0.717) is 0 Å². The fraction of sp³-hybridized carbons (Fsp3) is 0. The first-order chi connectivity index (χ1) is 39.2. The van der Waals surface area contributed by atoms with Crippen LogP contribution in [0, 0.1) is 0 Å². The third kappa shape index (κ3) is 8.06. The molecule has 0 spiro atoms. The highest BCUT2D eigenvalue weighted by Crippen LogP contribution is 2.48. The number of fused-ring (bicyclic) bond motifs is 7. The summed E-state index contributed by atoms with van der Waals surface area (Å²) < 4.78 is 5.99. The molecule has 4 nitrogen and oxygen atoms in total. The van der Waals surface area contributed by atoms with Crippen LogP contribution in [0.5, 0.6) is 0 Å². The highest BCUT2D eigenvalue weighted by Gasteiger charge is 2.23. The molecular formula is C74H50N4S. The van der Waals surface area contributed by atoms with E-state index in [1.807, 2.05) is 0 Å². The van der Waals surface area contributed by atoms with Gasteiger partial charge in [0, 0.05) is 66.7 Å². The molecule has 0 aliphatic carbocycles. The van der Waals surface area contributed by atoms with Gasteiger partial charge in [0.2, 0.25) is 0 Å². The SMILES string of the molecule is c1ccc(-c2ccc(N(c3cccc(-c4ccc(N(c5ccc(-c6ccccc6)cc5)c5ccc6c(c5)c5ccccc5n6-c5ccccc5)c5sccc45)c3)c3ccc4c(c3)c3ccccc3n4-c3ccccc3)cc2)cc1. The number of rotatable bonds is 11. The zero-order valence-corrected chi connectivity index (χ0v) is 43.9. The minimum absolute atomic E-state index is 1.08. The summed E-state index contributed by atoms with van der Waals surface area (Å²) in [5.74, 6) is 0. The van der Waals surface area contributed by atoms with Crippen LogP contribution in [0.2, 0.25) is 0 Å². The van der Waals surface area contributed by atoms with E-state index in [9.17, 15) is 0 Å². The second-order valence-corrected chi connectivity index (χ2v) is 21.0. The summed E-state index contributed by atoms with van der Waals surface area (Å²) in [6.07, 6.45) is 0. The summed E-state index contributed by atoms with van der Waals surface area (Å²) in [7, 11) is 0. The van der Waals surface area contributed by atoms with Gasteiger partial charge in [0.05, 0.1) is 32.5 Å². The van der Waals surface area contributed by atoms with Crippen molar-refractivity contribution in [1.82, 2.24) is 9.13 Å². The zero-order valence-electron chi connectivity index (χ0n) is 43.1. The fourth-order valence-corrected chi connectivity index (χ4v) is 12.9. The summed E-state index contributed by atoms with van der Waals surface area (Å²) in [4.78, 5) is 4.87. The molecular weight excluding hydrogens is 977 g/mol. The average Bonchev–Trinajstić information content (AvgIpc) is 4.39. The van der Waals surface area contributed by atoms with Crippen molar-refractivity contribution in [3.63, 3.8) is 0 Å². The molecule has 0 unspecified atom stereocenters. The van der Waals surface area contributed by atoms with Gasteiger partial charge in [-0.3, -0.25) is 0 Å². The molecule has 0 aliphatic heterocycles. The molecule has 12 aromatic carbocycles. The molecule has 15 rings (SSSR count). The van der Waals surface area contributed by atoms with Crippen LogP contribution in [-0.4, -0.2) is 9.13 Å². The third-order valence-electron chi connectivity index (χ3n) is 15.6. The topological polar surface area (TPSA) is 16.3 Å². The van der Waals surface area contributed by atoms with E-state index in [1.54, 1.807) is 11.3 Å². The molecule has 0 radical (unpaired) electrons. The van der Waals surface area contributed by atoms with Crippen molar-refractivity contribution in [3.05, 3.63) is 303 Å². The van der Waals surface area contributed by atoms with Crippen LogP contribution < -0.4 is 9.80 Å². The van der Waals surface area contributed by atoms with Gasteiger partial charge >= 0.3 is 0 Å². The van der Waals surface area contributed by atoms with E-state index in [4.69, 9.17) is 0 Å². The maximum absolute atomic E-state index is 2.45. The maximum Gasteiger partial charge on any atom is 0.0640 e. The number of nitrogens with zero attached hydrogens (tertiary/aromatic N) is 4. The van der Waals surface area contributed by atoms with Crippen molar-refractivity contribution in [3.8, 4) is 44.8 Å². The Labute approximate surface area is 462 Å². The Balaban J connectivity index is 0.875. The van der Waals surface area contributed by atoms with Gasteiger partial charge in [0.1, 0.15) is 0 Å². The molecule has 5 heteroatoms. The molecule has 0 saturated heterocycles.